The molecule has 0 spiro atoms. The molecule has 0 saturated carbocycles. The predicted octanol–water partition coefficient (Wildman–Crippen LogP) is 3.83. The fourth-order valence-electron chi connectivity index (χ4n) is 3.04. The third-order valence-corrected chi connectivity index (χ3v) is 4.45. The second-order valence-corrected chi connectivity index (χ2v) is 6.35. The molecule has 2 aromatic heterocycles. The minimum Gasteiger partial charge on any atom is -0.439 e. The largest absolute Gasteiger partial charge is 0.439 e. The highest BCUT2D eigenvalue weighted by Crippen LogP contribution is 2.27. The number of benzene rings is 2. The van der Waals surface area contributed by atoms with Gasteiger partial charge in [-0.2, -0.15) is 5.10 Å². The first-order chi connectivity index (χ1) is 13.0. The number of fused-ring (bicyclic) bond motifs is 1. The SMILES string of the molecule is Cc1cc(-c2cccc(Oc3ccc4cnn(C)c4c3)n2)ccc1C(N)=O. The van der Waals surface area contributed by atoms with Crippen LogP contribution in [0.2, 0.25) is 0 Å². The average molecular weight is 358 g/mol. The molecule has 0 saturated heterocycles. The first kappa shape index (κ1) is 16.8. The zero-order valence-electron chi connectivity index (χ0n) is 15.0. The lowest BCUT2D eigenvalue weighted by Gasteiger charge is -2.09. The summed E-state index contributed by atoms with van der Waals surface area (Å²) in [4.78, 5) is 16.0. The molecule has 6 nitrogen and oxygen atoms in total. The summed E-state index contributed by atoms with van der Waals surface area (Å²) in [5, 5.41) is 5.29. The van der Waals surface area contributed by atoms with Crippen LogP contribution in [0.5, 0.6) is 11.6 Å². The molecule has 0 aliphatic rings. The van der Waals surface area contributed by atoms with Gasteiger partial charge in [0.25, 0.3) is 0 Å². The molecule has 4 aromatic rings. The predicted molar refractivity (Wildman–Crippen MR) is 104 cm³/mol. The second kappa shape index (κ2) is 6.57. The molecular weight excluding hydrogens is 340 g/mol. The van der Waals surface area contributed by atoms with Crippen LogP contribution in [0.3, 0.4) is 0 Å². The van der Waals surface area contributed by atoms with Crippen LogP contribution >= 0.6 is 0 Å². The minimum absolute atomic E-state index is 0.436. The lowest BCUT2D eigenvalue weighted by atomic mass is 10.0. The van der Waals surface area contributed by atoms with Crippen molar-refractivity contribution in [2.45, 2.75) is 6.92 Å². The van der Waals surface area contributed by atoms with E-state index in [0.717, 1.165) is 27.7 Å². The number of aromatic nitrogens is 3. The van der Waals surface area contributed by atoms with Gasteiger partial charge in [0, 0.05) is 35.7 Å². The molecule has 0 bridgehead atoms. The maximum absolute atomic E-state index is 11.4. The maximum Gasteiger partial charge on any atom is 0.248 e. The third kappa shape index (κ3) is 3.25. The van der Waals surface area contributed by atoms with Crippen molar-refractivity contribution in [1.82, 2.24) is 14.8 Å². The highest BCUT2D eigenvalue weighted by atomic mass is 16.5. The quantitative estimate of drug-likeness (QED) is 0.601. The van der Waals surface area contributed by atoms with Gasteiger partial charge in [-0.15, -0.1) is 0 Å². The summed E-state index contributed by atoms with van der Waals surface area (Å²) in [6.45, 7) is 1.85. The molecule has 1 amide bonds. The van der Waals surface area contributed by atoms with Gasteiger partial charge in [-0.1, -0.05) is 12.1 Å². The molecule has 134 valence electrons. The van der Waals surface area contributed by atoms with E-state index < -0.39 is 5.91 Å². The van der Waals surface area contributed by atoms with Crippen molar-refractivity contribution >= 4 is 16.8 Å². The van der Waals surface area contributed by atoms with E-state index in [2.05, 4.69) is 10.1 Å². The van der Waals surface area contributed by atoms with E-state index in [-0.39, 0.29) is 0 Å². The highest BCUT2D eigenvalue weighted by molar-refractivity contribution is 5.94. The first-order valence-corrected chi connectivity index (χ1v) is 8.49. The van der Waals surface area contributed by atoms with Crippen molar-refractivity contribution in [3.63, 3.8) is 0 Å². The van der Waals surface area contributed by atoms with Crippen LogP contribution in [0.15, 0.2) is 60.8 Å². The van der Waals surface area contributed by atoms with Crippen molar-refractivity contribution in [2.75, 3.05) is 0 Å². The monoisotopic (exact) mass is 358 g/mol. The molecule has 6 heteroatoms. The van der Waals surface area contributed by atoms with E-state index in [1.54, 1.807) is 10.7 Å². The zero-order chi connectivity index (χ0) is 19.0. The number of nitrogens with zero attached hydrogens (tertiary/aromatic N) is 3. The van der Waals surface area contributed by atoms with Crippen molar-refractivity contribution < 1.29 is 9.53 Å². The Morgan fingerprint density at radius 2 is 1.96 bits per heavy atom. The van der Waals surface area contributed by atoms with Gasteiger partial charge < -0.3 is 10.5 Å². The summed E-state index contributed by atoms with van der Waals surface area (Å²) < 4.78 is 7.74. The summed E-state index contributed by atoms with van der Waals surface area (Å²) in [7, 11) is 1.89. The smallest absolute Gasteiger partial charge is 0.248 e. The van der Waals surface area contributed by atoms with E-state index in [0.29, 0.717) is 17.2 Å². The number of nitrogens with two attached hydrogens (primary N) is 1. The standard InChI is InChI=1S/C21H18N4O2/c1-13-10-14(7-9-17(13)21(22)26)18-4-3-5-20(24-18)27-16-8-6-15-12-23-25(2)19(15)11-16/h3-12H,1-2H3,(H2,22,26). The minimum atomic E-state index is -0.436. The lowest BCUT2D eigenvalue weighted by molar-refractivity contribution is 0.0999. The molecule has 27 heavy (non-hydrogen) atoms. The van der Waals surface area contributed by atoms with E-state index in [4.69, 9.17) is 10.5 Å². The number of amides is 1. The Morgan fingerprint density at radius 1 is 1.11 bits per heavy atom. The number of carbonyl (C=O) groups is 1. The van der Waals surface area contributed by atoms with E-state index >= 15 is 0 Å². The zero-order valence-corrected chi connectivity index (χ0v) is 15.0. The van der Waals surface area contributed by atoms with Crippen LogP contribution in [0.4, 0.5) is 0 Å². The Hall–Kier alpha value is -3.67. The molecule has 0 fully saturated rings. The Bertz CT molecular complexity index is 1160. The van der Waals surface area contributed by atoms with Crippen LogP contribution in [0.1, 0.15) is 15.9 Å². The normalized spacial score (nSPS) is 10.9. The van der Waals surface area contributed by atoms with Gasteiger partial charge in [-0.05, 0) is 42.8 Å². The van der Waals surface area contributed by atoms with E-state index in [1.165, 1.54) is 0 Å². The number of carbonyl (C=O) groups excluding carboxylic acids is 1. The van der Waals surface area contributed by atoms with Crippen LogP contribution in [0, 0.1) is 6.92 Å². The molecule has 0 radical (unpaired) electrons. The Labute approximate surface area is 156 Å². The van der Waals surface area contributed by atoms with Gasteiger partial charge in [-0.25, -0.2) is 4.98 Å². The van der Waals surface area contributed by atoms with E-state index in [9.17, 15) is 4.79 Å². The summed E-state index contributed by atoms with van der Waals surface area (Å²) in [5.74, 6) is 0.747. The van der Waals surface area contributed by atoms with Gasteiger partial charge in [0.1, 0.15) is 5.75 Å². The van der Waals surface area contributed by atoms with Crippen LogP contribution in [0.25, 0.3) is 22.2 Å². The lowest BCUT2D eigenvalue weighted by Crippen LogP contribution is -2.12. The van der Waals surface area contributed by atoms with Crippen LogP contribution in [-0.2, 0) is 7.05 Å². The molecule has 0 atom stereocenters. The van der Waals surface area contributed by atoms with Crippen LogP contribution in [-0.4, -0.2) is 20.7 Å². The molecule has 0 aliphatic heterocycles. The fourth-order valence-corrected chi connectivity index (χ4v) is 3.04. The number of pyridine rings is 1. The summed E-state index contributed by atoms with van der Waals surface area (Å²) in [5.41, 5.74) is 9.34. The number of primary amides is 1. The van der Waals surface area contributed by atoms with Gasteiger partial charge in [0.2, 0.25) is 11.8 Å². The topological polar surface area (TPSA) is 83.0 Å². The second-order valence-electron chi connectivity index (χ2n) is 6.35. The van der Waals surface area contributed by atoms with Gasteiger partial charge in [0.15, 0.2) is 0 Å². The van der Waals surface area contributed by atoms with Crippen molar-refractivity contribution in [1.29, 1.82) is 0 Å². The molecular formula is C21H18N4O2. The van der Waals surface area contributed by atoms with Crippen molar-refractivity contribution in [2.24, 2.45) is 12.8 Å². The number of aryl methyl sites for hydroxylation is 2. The average Bonchev–Trinajstić information content (AvgIpc) is 3.02. The third-order valence-electron chi connectivity index (χ3n) is 4.45. The van der Waals surface area contributed by atoms with Crippen molar-refractivity contribution in [3.05, 3.63) is 71.9 Å². The van der Waals surface area contributed by atoms with E-state index in [1.807, 2.05) is 68.7 Å². The molecule has 0 unspecified atom stereocenters. The molecule has 2 N–H and O–H groups in total. The summed E-state index contributed by atoms with van der Waals surface area (Å²) in [6, 6.07) is 16.8. The number of rotatable bonds is 4. The molecule has 2 aromatic carbocycles. The first-order valence-electron chi connectivity index (χ1n) is 8.49. The molecule has 0 aliphatic carbocycles. The Morgan fingerprint density at radius 3 is 2.74 bits per heavy atom. The Kier molecular flexibility index (Phi) is 4.08. The van der Waals surface area contributed by atoms with Crippen LogP contribution < -0.4 is 10.5 Å². The Balaban J connectivity index is 1.64. The maximum atomic E-state index is 11.4. The molecule has 2 heterocycles. The van der Waals surface area contributed by atoms with Crippen molar-refractivity contribution in [3.8, 4) is 22.9 Å². The fraction of sp³-hybridized carbons (Fsp3) is 0.0952. The number of ether oxygens (including phenoxy) is 1. The highest BCUT2D eigenvalue weighted by Gasteiger charge is 2.09. The summed E-state index contributed by atoms with van der Waals surface area (Å²) in [6.07, 6.45) is 1.82. The van der Waals surface area contributed by atoms with Gasteiger partial charge in [0.05, 0.1) is 17.4 Å². The van der Waals surface area contributed by atoms with Gasteiger partial charge >= 0.3 is 0 Å². The number of hydrogen-bond donors (Lipinski definition) is 1. The van der Waals surface area contributed by atoms with Gasteiger partial charge in [-0.3, -0.25) is 9.48 Å². The number of hydrogen-bond acceptors (Lipinski definition) is 4. The summed E-state index contributed by atoms with van der Waals surface area (Å²) >= 11 is 0. The molecule has 4 rings (SSSR count).